The van der Waals surface area contributed by atoms with Crippen molar-refractivity contribution in [2.24, 2.45) is 0 Å². The quantitative estimate of drug-likeness (QED) is 0.165. The number of aryl methyl sites for hydroxylation is 5. The van der Waals surface area contributed by atoms with E-state index in [1.807, 2.05) is 0 Å². The van der Waals surface area contributed by atoms with Crippen molar-refractivity contribution in [1.29, 1.82) is 0 Å². The minimum Gasteiger partial charge on any atom is -0.0622 e. The molecule has 0 atom stereocenters. The van der Waals surface area contributed by atoms with Crippen molar-refractivity contribution in [3.05, 3.63) is 618 Å². The largest absolute Gasteiger partial charge is 0.0725 e. The molecule has 0 nitrogen and oxygen atoms in total. The maximum atomic E-state index is 2.40. The SMILES string of the molecule is Cc1ccc2c(c1)-c1ccccc1C2(c1ccccc1)c1ccccc1.Cc1ccc2c(c1)-c1ccccc1C21c2ccccc2-c2ccccc21.Cc1ccc2c(c1)C1(c3ccccc3-c3ccccc31)c1ccccc1-2.Cc1cccc2c1-c1ccccc1C2(c1ccccc1)c1ccccc1.Cc1cccc2c1-c1ccccc1C21c2ccccc2-c2ccccc21. The third kappa shape index (κ3) is 11.0. The summed E-state index contributed by atoms with van der Waals surface area (Å²) in [4.78, 5) is 0. The van der Waals surface area contributed by atoms with E-state index in [1.165, 1.54) is 228 Å². The lowest BCUT2D eigenvalue weighted by Crippen LogP contribution is -2.28. The van der Waals surface area contributed by atoms with Gasteiger partial charge in [0.2, 0.25) is 0 Å². The highest BCUT2D eigenvalue weighted by Crippen LogP contribution is 2.68. The first-order valence-electron chi connectivity index (χ1n) is 45.9. The first kappa shape index (κ1) is 77.9. The van der Waals surface area contributed by atoms with Gasteiger partial charge in [-0.2, -0.15) is 0 Å². The molecule has 0 aromatic heterocycles. The summed E-state index contributed by atoms with van der Waals surface area (Å²) in [6.45, 7) is 11.0. The first-order chi connectivity index (χ1) is 64.1. The van der Waals surface area contributed by atoms with E-state index in [2.05, 4.69) is 514 Å². The van der Waals surface area contributed by atoms with Gasteiger partial charge in [0.25, 0.3) is 0 Å². The van der Waals surface area contributed by atoms with Crippen LogP contribution in [0.2, 0.25) is 0 Å². The molecule has 0 radical (unpaired) electrons. The Kier molecular flexibility index (Phi) is 18.3. The molecule has 0 saturated carbocycles. The van der Waals surface area contributed by atoms with Gasteiger partial charge in [-0.05, 0) is 246 Å². The average Bonchev–Trinajstić information content (AvgIpc) is 1.48. The van der Waals surface area contributed by atoms with Crippen LogP contribution in [0.15, 0.2) is 479 Å². The Labute approximate surface area is 763 Å². The van der Waals surface area contributed by atoms with Crippen molar-refractivity contribution in [2.75, 3.05) is 0 Å². The van der Waals surface area contributed by atoms with Crippen LogP contribution >= 0.6 is 0 Å². The van der Waals surface area contributed by atoms with Gasteiger partial charge < -0.3 is 0 Å². The lowest BCUT2D eigenvalue weighted by molar-refractivity contribution is 0.768. The van der Waals surface area contributed by atoms with Gasteiger partial charge >= 0.3 is 0 Å². The van der Waals surface area contributed by atoms with Crippen LogP contribution in [0.1, 0.15) is 139 Å². The minimum atomic E-state index is -0.263. The van der Waals surface area contributed by atoms with E-state index in [0.717, 1.165) is 0 Å². The maximum absolute atomic E-state index is 2.40. The van der Waals surface area contributed by atoms with Crippen LogP contribution in [0.3, 0.4) is 0 Å². The Bertz CT molecular complexity index is 7390. The molecule has 0 bridgehead atoms. The van der Waals surface area contributed by atoms with Crippen LogP contribution in [0, 0.1) is 34.6 Å². The second-order valence-electron chi connectivity index (χ2n) is 36.4. The molecule has 0 fully saturated rings. The highest BCUT2D eigenvalue weighted by molar-refractivity contribution is 6.00. The molecule has 0 heteroatoms. The summed E-state index contributed by atoms with van der Waals surface area (Å²) in [6.07, 6.45) is 0. The van der Waals surface area contributed by atoms with Crippen molar-refractivity contribution in [1.82, 2.24) is 0 Å². The Balaban J connectivity index is 0.0000000900. The Hall–Kier alpha value is -15.6. The van der Waals surface area contributed by atoms with Crippen molar-refractivity contribution >= 4 is 0 Å². The molecule has 130 heavy (non-hydrogen) atoms. The number of benzene rings is 20. The van der Waals surface area contributed by atoms with E-state index < -0.39 is 0 Å². The summed E-state index contributed by atoms with van der Waals surface area (Å²) in [5.41, 5.74) is 55.3. The lowest BCUT2D eigenvalue weighted by atomic mass is 9.67. The van der Waals surface area contributed by atoms with E-state index in [0.29, 0.717) is 0 Å². The summed E-state index contributed by atoms with van der Waals surface area (Å²) < 4.78 is 0. The molecule has 0 N–H and O–H groups in total. The summed E-state index contributed by atoms with van der Waals surface area (Å²) in [5, 5.41) is 0. The molecular formula is C130H94. The smallest absolute Gasteiger partial charge is 0.0622 e. The van der Waals surface area contributed by atoms with E-state index in [-0.39, 0.29) is 27.1 Å². The highest BCUT2D eigenvalue weighted by atomic mass is 14.6. The molecule has 20 aromatic carbocycles. The molecule has 614 valence electrons. The molecule has 8 aliphatic carbocycles. The number of fused-ring (bicyclic) bond motifs is 36. The molecule has 28 rings (SSSR count). The van der Waals surface area contributed by atoms with Gasteiger partial charge in [-0.15, -0.1) is 0 Å². The molecule has 8 aliphatic rings. The van der Waals surface area contributed by atoms with Gasteiger partial charge in [-0.25, -0.2) is 0 Å². The Morgan fingerprint density at radius 3 is 0.615 bits per heavy atom. The van der Waals surface area contributed by atoms with Crippen LogP contribution in [-0.2, 0) is 27.1 Å². The summed E-state index contributed by atoms with van der Waals surface area (Å²) in [7, 11) is 0. The molecule has 0 aliphatic heterocycles. The van der Waals surface area contributed by atoms with Gasteiger partial charge in [0.15, 0.2) is 0 Å². The van der Waals surface area contributed by atoms with E-state index in [1.54, 1.807) is 0 Å². The van der Waals surface area contributed by atoms with E-state index in [4.69, 9.17) is 0 Å². The number of hydrogen-bond donors (Lipinski definition) is 0. The van der Waals surface area contributed by atoms with Crippen molar-refractivity contribution < 1.29 is 0 Å². The summed E-state index contributed by atoms with van der Waals surface area (Å²) in [5.74, 6) is 0. The van der Waals surface area contributed by atoms with Gasteiger partial charge in [0.1, 0.15) is 0 Å². The summed E-state index contributed by atoms with van der Waals surface area (Å²) in [6, 6.07) is 176. The van der Waals surface area contributed by atoms with Crippen LogP contribution in [0.5, 0.6) is 0 Å². The molecule has 3 spiro atoms. The average molecular weight is 1660 g/mol. The van der Waals surface area contributed by atoms with Gasteiger partial charge in [-0.1, -0.05) is 496 Å². The molecule has 0 amide bonds. The van der Waals surface area contributed by atoms with Crippen molar-refractivity contribution in [3.63, 3.8) is 0 Å². The topological polar surface area (TPSA) is 0 Å². The fraction of sp³-hybridized carbons (Fsp3) is 0.0769. The second kappa shape index (κ2) is 30.6. The summed E-state index contributed by atoms with van der Waals surface area (Å²) >= 11 is 0. The second-order valence-corrected chi connectivity index (χ2v) is 36.4. The zero-order chi connectivity index (χ0) is 87.0. The zero-order valence-corrected chi connectivity index (χ0v) is 73.6. The Morgan fingerprint density at radius 1 is 0.115 bits per heavy atom. The molecule has 0 heterocycles. The fourth-order valence-corrected chi connectivity index (χ4v) is 25.0. The predicted molar refractivity (Wildman–Crippen MR) is 539 cm³/mol. The van der Waals surface area contributed by atoms with Crippen molar-refractivity contribution in [3.8, 4) is 89.0 Å². The molecule has 0 saturated heterocycles. The normalized spacial score (nSPS) is 14.3. The zero-order valence-electron chi connectivity index (χ0n) is 73.6. The lowest BCUT2D eigenvalue weighted by Gasteiger charge is -2.33. The molecule has 20 aromatic rings. The van der Waals surface area contributed by atoms with Crippen LogP contribution in [-0.4, -0.2) is 0 Å². The Morgan fingerprint density at radius 2 is 0.300 bits per heavy atom. The highest BCUT2D eigenvalue weighted by Gasteiger charge is 2.56. The van der Waals surface area contributed by atoms with Gasteiger partial charge in [0, 0.05) is 0 Å². The van der Waals surface area contributed by atoms with Crippen LogP contribution in [0.25, 0.3) is 89.0 Å². The first-order valence-corrected chi connectivity index (χ1v) is 45.9. The number of rotatable bonds is 4. The van der Waals surface area contributed by atoms with Crippen LogP contribution < -0.4 is 0 Å². The third-order valence-corrected chi connectivity index (χ3v) is 29.8. The van der Waals surface area contributed by atoms with E-state index >= 15 is 0 Å². The maximum Gasteiger partial charge on any atom is 0.0725 e. The molecular weight excluding hydrogens is 1560 g/mol. The third-order valence-electron chi connectivity index (χ3n) is 29.8. The molecule has 0 unspecified atom stereocenters. The van der Waals surface area contributed by atoms with Gasteiger partial charge in [-0.3, -0.25) is 0 Å². The monoisotopic (exact) mass is 1650 g/mol. The number of hydrogen-bond acceptors (Lipinski definition) is 0. The minimum absolute atomic E-state index is 0.188. The fourth-order valence-electron chi connectivity index (χ4n) is 25.0. The standard InChI is InChI=1S/3C26H18.2C26H20/c1-17-9-8-16-24-25(17)20-12-4-7-15-23(20)26(24)21-13-5-2-10-18(21)19-11-3-6-14-22(19)26;1-17-14-15-25-21(16-17)20-10-4-7-13-24(20)26(25)22-11-5-2-8-18(22)19-9-3-6-12-23(19)26;1-17-14-15-21-20-10-4-7-13-24(20)26(25(21)16-17)22-11-5-2-8-18(22)19-9-3-6-12-23(19)26;1-19-11-10-18-24-25(19)22-16-8-9-17-23(22)26(24,20-12-4-2-5-13-20)21-14-6-3-7-15-21;1-19-16-17-25-23(18-19)22-14-8-9-15-24(22)26(25,20-10-4-2-5-11-20)21-12-6-3-7-13-21/h3*2-16H,1H3;2*2-18H,1H3. The van der Waals surface area contributed by atoms with Crippen molar-refractivity contribution in [2.45, 2.75) is 61.7 Å². The van der Waals surface area contributed by atoms with Crippen LogP contribution in [0.4, 0.5) is 0 Å². The van der Waals surface area contributed by atoms with E-state index in [9.17, 15) is 0 Å². The van der Waals surface area contributed by atoms with Gasteiger partial charge in [0.05, 0.1) is 27.1 Å². The predicted octanol–water partition coefficient (Wildman–Crippen LogP) is 31.7.